The summed E-state index contributed by atoms with van der Waals surface area (Å²) in [7, 11) is 0. The van der Waals surface area contributed by atoms with E-state index in [4.69, 9.17) is 5.73 Å². The number of nitrogens with two attached hydrogens (primary N) is 1. The number of hydrogen-bond donors (Lipinski definition) is 1. The summed E-state index contributed by atoms with van der Waals surface area (Å²) >= 11 is 0. The van der Waals surface area contributed by atoms with Crippen LogP contribution in [0.5, 0.6) is 0 Å². The van der Waals surface area contributed by atoms with Crippen LogP contribution in [-0.2, 0) is 0 Å². The van der Waals surface area contributed by atoms with Crippen LogP contribution in [0.1, 0.15) is 25.3 Å². The van der Waals surface area contributed by atoms with Gasteiger partial charge in [0.05, 0.1) is 16.8 Å². The normalized spacial score (nSPS) is 22.8. The van der Waals surface area contributed by atoms with Crippen molar-refractivity contribution in [3.63, 3.8) is 0 Å². The molecule has 0 spiro atoms. The number of nitrogens with zero attached hydrogens (tertiary/aromatic N) is 3. The van der Waals surface area contributed by atoms with Gasteiger partial charge >= 0.3 is 0 Å². The Labute approximate surface area is 118 Å². The third-order valence-corrected chi connectivity index (χ3v) is 4.07. The van der Waals surface area contributed by atoms with Crippen molar-refractivity contribution in [1.29, 1.82) is 5.26 Å². The van der Waals surface area contributed by atoms with Gasteiger partial charge in [0, 0.05) is 30.2 Å². The molecule has 2 atom stereocenters. The lowest BCUT2D eigenvalue weighted by Gasteiger charge is -2.39. The fourth-order valence-electron chi connectivity index (χ4n) is 3.06. The van der Waals surface area contributed by atoms with E-state index in [1.165, 1.54) is 0 Å². The Hall–Kier alpha value is -2.12. The third kappa shape index (κ3) is 2.10. The molecule has 0 aliphatic carbocycles. The first kappa shape index (κ1) is 12.9. The van der Waals surface area contributed by atoms with Crippen LogP contribution in [0.2, 0.25) is 0 Å². The Bertz CT molecular complexity index is 674. The number of anilines is 1. The molecule has 1 aliphatic heterocycles. The summed E-state index contributed by atoms with van der Waals surface area (Å²) in [6, 6.07) is 10.9. The van der Waals surface area contributed by atoms with Crippen LogP contribution in [0, 0.1) is 11.3 Å². The number of pyridine rings is 1. The second kappa shape index (κ2) is 5.10. The van der Waals surface area contributed by atoms with E-state index in [1.54, 1.807) is 6.20 Å². The molecule has 1 fully saturated rings. The van der Waals surface area contributed by atoms with Crippen LogP contribution in [0.15, 0.2) is 30.5 Å². The third-order valence-electron chi connectivity index (χ3n) is 4.07. The maximum absolute atomic E-state index is 9.41. The van der Waals surface area contributed by atoms with Crippen molar-refractivity contribution < 1.29 is 0 Å². The van der Waals surface area contributed by atoms with Crippen molar-refractivity contribution in [2.75, 3.05) is 11.4 Å². The summed E-state index contributed by atoms with van der Waals surface area (Å²) in [5, 5.41) is 10.5. The van der Waals surface area contributed by atoms with E-state index in [1.807, 2.05) is 24.3 Å². The summed E-state index contributed by atoms with van der Waals surface area (Å²) in [6.07, 6.45) is 3.60. The minimum atomic E-state index is 0.264. The molecule has 0 radical (unpaired) electrons. The fraction of sp³-hybridized carbons (Fsp3) is 0.375. The predicted molar refractivity (Wildman–Crippen MR) is 80.5 cm³/mol. The molecule has 2 aromatic rings. The predicted octanol–water partition coefficient (Wildman–Crippen LogP) is 2.42. The molecule has 4 heteroatoms. The van der Waals surface area contributed by atoms with Crippen molar-refractivity contribution >= 4 is 16.6 Å². The number of aromatic nitrogens is 1. The summed E-state index contributed by atoms with van der Waals surface area (Å²) < 4.78 is 0. The molecule has 1 saturated heterocycles. The van der Waals surface area contributed by atoms with Gasteiger partial charge in [0.2, 0.25) is 0 Å². The lowest BCUT2D eigenvalue weighted by Crippen LogP contribution is -2.46. The van der Waals surface area contributed by atoms with Crippen molar-refractivity contribution in [2.45, 2.75) is 31.8 Å². The first-order valence-corrected chi connectivity index (χ1v) is 7.00. The number of benzene rings is 1. The van der Waals surface area contributed by atoms with Crippen LogP contribution in [-0.4, -0.2) is 23.6 Å². The molecule has 2 N–H and O–H groups in total. The number of rotatable bonds is 1. The SMILES string of the molecule is CC1CC(N)CCN1c1c(C#N)cnc2ccccc12. The quantitative estimate of drug-likeness (QED) is 0.861. The van der Waals surface area contributed by atoms with Crippen molar-refractivity contribution in [2.24, 2.45) is 5.73 Å². The molecule has 4 nitrogen and oxygen atoms in total. The Morgan fingerprint density at radius 2 is 2.20 bits per heavy atom. The Morgan fingerprint density at radius 1 is 1.40 bits per heavy atom. The van der Waals surface area contributed by atoms with Crippen LogP contribution in [0.4, 0.5) is 5.69 Å². The van der Waals surface area contributed by atoms with Gasteiger partial charge in [0.15, 0.2) is 0 Å². The van der Waals surface area contributed by atoms with Crippen LogP contribution in [0.25, 0.3) is 10.9 Å². The van der Waals surface area contributed by atoms with Gasteiger partial charge in [-0.1, -0.05) is 18.2 Å². The summed E-state index contributed by atoms with van der Waals surface area (Å²) in [4.78, 5) is 6.69. The lowest BCUT2D eigenvalue weighted by atomic mass is 9.96. The zero-order valence-corrected chi connectivity index (χ0v) is 11.6. The van der Waals surface area contributed by atoms with Crippen LogP contribution < -0.4 is 10.6 Å². The van der Waals surface area contributed by atoms with E-state index in [0.29, 0.717) is 11.6 Å². The van der Waals surface area contributed by atoms with Crippen molar-refractivity contribution in [3.8, 4) is 6.07 Å². The number of para-hydroxylation sites is 1. The highest BCUT2D eigenvalue weighted by atomic mass is 15.2. The monoisotopic (exact) mass is 266 g/mol. The van der Waals surface area contributed by atoms with Crippen molar-refractivity contribution in [1.82, 2.24) is 4.98 Å². The van der Waals surface area contributed by atoms with Gasteiger partial charge in [-0.3, -0.25) is 4.98 Å². The van der Waals surface area contributed by atoms with E-state index in [9.17, 15) is 5.26 Å². The molecule has 0 saturated carbocycles. The second-order valence-electron chi connectivity index (χ2n) is 5.48. The van der Waals surface area contributed by atoms with Gasteiger partial charge in [-0.2, -0.15) is 5.26 Å². The first-order chi connectivity index (χ1) is 9.70. The van der Waals surface area contributed by atoms with E-state index in [0.717, 1.165) is 36.0 Å². The second-order valence-corrected chi connectivity index (χ2v) is 5.48. The summed E-state index contributed by atoms with van der Waals surface area (Å²) in [6.45, 7) is 3.07. The van der Waals surface area contributed by atoms with Gasteiger partial charge in [0.25, 0.3) is 0 Å². The fourth-order valence-corrected chi connectivity index (χ4v) is 3.06. The average molecular weight is 266 g/mol. The molecule has 2 heterocycles. The topological polar surface area (TPSA) is 65.9 Å². The van der Waals surface area contributed by atoms with E-state index < -0.39 is 0 Å². The number of piperidine rings is 1. The van der Waals surface area contributed by atoms with E-state index in [2.05, 4.69) is 22.9 Å². The molecule has 1 aromatic heterocycles. The Balaban J connectivity index is 2.16. The Kier molecular flexibility index (Phi) is 3.29. The van der Waals surface area contributed by atoms with Gasteiger partial charge in [-0.05, 0) is 25.8 Å². The maximum Gasteiger partial charge on any atom is 0.103 e. The molecule has 0 bridgehead atoms. The van der Waals surface area contributed by atoms with Crippen LogP contribution in [0.3, 0.4) is 0 Å². The molecule has 20 heavy (non-hydrogen) atoms. The molecule has 0 amide bonds. The molecule has 3 rings (SSSR count). The highest BCUT2D eigenvalue weighted by Gasteiger charge is 2.26. The summed E-state index contributed by atoms with van der Waals surface area (Å²) in [5.74, 6) is 0. The highest BCUT2D eigenvalue weighted by molar-refractivity contribution is 5.94. The molecular formula is C16H18N4. The zero-order valence-electron chi connectivity index (χ0n) is 11.6. The van der Waals surface area contributed by atoms with Crippen LogP contribution >= 0.6 is 0 Å². The minimum absolute atomic E-state index is 0.264. The highest BCUT2D eigenvalue weighted by Crippen LogP contribution is 2.33. The van der Waals surface area contributed by atoms with Gasteiger partial charge < -0.3 is 10.6 Å². The molecule has 2 unspecified atom stereocenters. The van der Waals surface area contributed by atoms with E-state index >= 15 is 0 Å². The number of nitriles is 1. The van der Waals surface area contributed by atoms with Gasteiger partial charge in [0.1, 0.15) is 6.07 Å². The lowest BCUT2D eigenvalue weighted by molar-refractivity contribution is 0.430. The minimum Gasteiger partial charge on any atom is -0.367 e. The molecule has 102 valence electrons. The molecule has 1 aromatic carbocycles. The van der Waals surface area contributed by atoms with Crippen molar-refractivity contribution in [3.05, 3.63) is 36.0 Å². The molecule has 1 aliphatic rings. The molecular weight excluding hydrogens is 248 g/mol. The Morgan fingerprint density at radius 3 is 2.95 bits per heavy atom. The van der Waals surface area contributed by atoms with Gasteiger partial charge in [-0.25, -0.2) is 0 Å². The average Bonchev–Trinajstić information content (AvgIpc) is 2.46. The largest absolute Gasteiger partial charge is 0.367 e. The van der Waals surface area contributed by atoms with Gasteiger partial charge in [-0.15, -0.1) is 0 Å². The number of hydrogen-bond acceptors (Lipinski definition) is 4. The maximum atomic E-state index is 9.41. The van der Waals surface area contributed by atoms with E-state index in [-0.39, 0.29) is 6.04 Å². The smallest absolute Gasteiger partial charge is 0.103 e. The number of fused-ring (bicyclic) bond motifs is 1. The zero-order chi connectivity index (χ0) is 14.1. The standard InChI is InChI=1S/C16H18N4/c1-11-8-13(18)6-7-20(11)16-12(9-17)10-19-15-5-3-2-4-14(15)16/h2-5,10-11,13H,6-8,18H2,1H3. The first-order valence-electron chi connectivity index (χ1n) is 7.00. The summed E-state index contributed by atoms with van der Waals surface area (Å²) in [5.41, 5.74) is 8.63.